The highest BCUT2D eigenvalue weighted by Crippen LogP contribution is 2.41. The van der Waals surface area contributed by atoms with Gasteiger partial charge in [0.15, 0.2) is 0 Å². The van der Waals surface area contributed by atoms with Gasteiger partial charge in [0.2, 0.25) is 0 Å². The average Bonchev–Trinajstić information content (AvgIpc) is 2.66. The quantitative estimate of drug-likeness (QED) is 0.764. The van der Waals surface area contributed by atoms with Crippen LogP contribution in [0, 0.1) is 5.92 Å². The molecule has 0 atom stereocenters. The molecule has 1 amide bonds. The van der Waals surface area contributed by atoms with E-state index in [2.05, 4.69) is 29.0 Å². The number of fused-ring (bicyclic) bond motifs is 1. The fraction of sp³-hybridized carbons (Fsp3) is 0.409. The van der Waals surface area contributed by atoms with Crippen molar-refractivity contribution in [2.75, 3.05) is 28.7 Å². The van der Waals surface area contributed by atoms with Gasteiger partial charge < -0.3 is 20.2 Å². The maximum absolute atomic E-state index is 12.9. The standard InChI is InChI=1S/C22H28N4O3/c1-14(2)10-11-26-17-12-19(24-16-8-6-15(7-9-16)20(27)28)23-13-18(17)25(5)21(29)22(26,3)4/h6-9,12-14H,10-11H2,1-5H3,(H,23,24)(H,27,28). The number of benzene rings is 1. The van der Waals surface area contributed by atoms with Gasteiger partial charge in [-0.05, 0) is 50.5 Å². The van der Waals surface area contributed by atoms with Crippen molar-refractivity contribution < 1.29 is 14.7 Å². The first-order valence-corrected chi connectivity index (χ1v) is 9.77. The van der Waals surface area contributed by atoms with Crippen molar-refractivity contribution in [2.45, 2.75) is 39.7 Å². The number of rotatable bonds is 6. The summed E-state index contributed by atoms with van der Waals surface area (Å²) >= 11 is 0. The first-order chi connectivity index (χ1) is 13.6. The van der Waals surface area contributed by atoms with Gasteiger partial charge in [-0.25, -0.2) is 9.78 Å². The van der Waals surface area contributed by atoms with Gasteiger partial charge in [0, 0.05) is 25.3 Å². The third kappa shape index (κ3) is 4.04. The summed E-state index contributed by atoms with van der Waals surface area (Å²) in [6.45, 7) is 9.02. The summed E-state index contributed by atoms with van der Waals surface area (Å²) in [6.07, 6.45) is 2.68. The Morgan fingerprint density at radius 2 is 1.86 bits per heavy atom. The lowest BCUT2D eigenvalue weighted by atomic mass is 9.94. The SMILES string of the molecule is CC(C)CCN1c2cc(Nc3ccc(C(=O)O)cc3)ncc2N(C)C(=O)C1(C)C. The second-order valence-corrected chi connectivity index (χ2v) is 8.32. The topological polar surface area (TPSA) is 85.8 Å². The number of likely N-dealkylation sites (N-methyl/N-ethyl adjacent to an activating group) is 1. The van der Waals surface area contributed by atoms with Crippen molar-refractivity contribution in [3.63, 3.8) is 0 Å². The predicted octanol–water partition coefficient (Wildman–Crippen LogP) is 4.13. The minimum absolute atomic E-state index is 0.0422. The molecule has 2 aromatic rings. The van der Waals surface area contributed by atoms with Crippen LogP contribution in [-0.4, -0.2) is 41.1 Å². The zero-order valence-electron chi connectivity index (χ0n) is 17.6. The van der Waals surface area contributed by atoms with Crippen LogP contribution >= 0.6 is 0 Å². The number of pyridine rings is 1. The summed E-state index contributed by atoms with van der Waals surface area (Å²) in [7, 11) is 1.78. The molecule has 0 fully saturated rings. The Morgan fingerprint density at radius 1 is 1.21 bits per heavy atom. The van der Waals surface area contributed by atoms with E-state index in [1.807, 2.05) is 19.9 Å². The Morgan fingerprint density at radius 3 is 2.45 bits per heavy atom. The van der Waals surface area contributed by atoms with Crippen molar-refractivity contribution in [3.8, 4) is 0 Å². The number of aromatic carboxylic acids is 1. The third-order valence-electron chi connectivity index (χ3n) is 5.35. The first-order valence-electron chi connectivity index (χ1n) is 9.77. The maximum atomic E-state index is 12.9. The number of carboxylic acids is 1. The maximum Gasteiger partial charge on any atom is 0.335 e. The van der Waals surface area contributed by atoms with E-state index in [0.717, 1.165) is 30.0 Å². The second kappa shape index (κ2) is 7.73. The number of carboxylic acid groups (broad SMARTS) is 1. The molecule has 1 aliphatic rings. The normalized spacial score (nSPS) is 15.4. The largest absolute Gasteiger partial charge is 0.478 e. The van der Waals surface area contributed by atoms with Gasteiger partial charge in [0.1, 0.15) is 11.4 Å². The minimum Gasteiger partial charge on any atom is -0.478 e. The molecule has 0 saturated carbocycles. The second-order valence-electron chi connectivity index (χ2n) is 8.32. The molecule has 3 rings (SSSR count). The number of aromatic nitrogens is 1. The molecule has 0 spiro atoms. The van der Waals surface area contributed by atoms with Crippen LogP contribution in [0.4, 0.5) is 22.9 Å². The summed E-state index contributed by atoms with van der Waals surface area (Å²) in [5.74, 6) is 0.246. The summed E-state index contributed by atoms with van der Waals surface area (Å²) in [5.41, 5.74) is 2.06. The monoisotopic (exact) mass is 396 g/mol. The van der Waals surface area contributed by atoms with Crippen LogP contribution in [0.15, 0.2) is 36.5 Å². The number of hydrogen-bond donors (Lipinski definition) is 2. The summed E-state index contributed by atoms with van der Waals surface area (Å²) in [6, 6.07) is 8.47. The molecular weight excluding hydrogens is 368 g/mol. The van der Waals surface area contributed by atoms with E-state index < -0.39 is 11.5 Å². The molecule has 0 radical (unpaired) electrons. The molecule has 0 aliphatic carbocycles. The van der Waals surface area contributed by atoms with Crippen LogP contribution in [0.5, 0.6) is 0 Å². The zero-order valence-corrected chi connectivity index (χ0v) is 17.6. The molecule has 7 heteroatoms. The van der Waals surface area contributed by atoms with E-state index in [-0.39, 0.29) is 11.5 Å². The van der Waals surface area contributed by atoms with E-state index in [9.17, 15) is 9.59 Å². The van der Waals surface area contributed by atoms with Crippen molar-refractivity contribution in [1.82, 2.24) is 4.98 Å². The van der Waals surface area contributed by atoms with Crippen LogP contribution in [0.3, 0.4) is 0 Å². The fourth-order valence-corrected chi connectivity index (χ4v) is 3.55. The molecule has 2 N–H and O–H groups in total. The Hall–Kier alpha value is -3.09. The van der Waals surface area contributed by atoms with E-state index in [0.29, 0.717) is 11.7 Å². The van der Waals surface area contributed by atoms with E-state index in [4.69, 9.17) is 5.11 Å². The third-order valence-corrected chi connectivity index (χ3v) is 5.35. The molecular formula is C22H28N4O3. The summed E-state index contributed by atoms with van der Waals surface area (Å²) in [4.78, 5) is 32.2. The molecule has 1 aromatic carbocycles. The van der Waals surface area contributed by atoms with Gasteiger partial charge >= 0.3 is 5.97 Å². The van der Waals surface area contributed by atoms with Gasteiger partial charge in [0.25, 0.3) is 5.91 Å². The van der Waals surface area contributed by atoms with Gasteiger partial charge in [-0.3, -0.25) is 4.79 Å². The highest BCUT2D eigenvalue weighted by Gasteiger charge is 2.43. The number of amides is 1. The summed E-state index contributed by atoms with van der Waals surface area (Å²) < 4.78 is 0. The molecule has 7 nitrogen and oxygen atoms in total. The molecule has 2 heterocycles. The highest BCUT2D eigenvalue weighted by molar-refractivity contribution is 6.07. The average molecular weight is 396 g/mol. The number of hydrogen-bond acceptors (Lipinski definition) is 5. The lowest BCUT2D eigenvalue weighted by molar-refractivity contribution is -0.122. The number of carbonyl (C=O) groups is 2. The van der Waals surface area contributed by atoms with Gasteiger partial charge in [-0.1, -0.05) is 13.8 Å². The van der Waals surface area contributed by atoms with Crippen LogP contribution in [0.1, 0.15) is 44.5 Å². The minimum atomic E-state index is -0.959. The Bertz CT molecular complexity index is 922. The van der Waals surface area contributed by atoms with Crippen LogP contribution in [0.2, 0.25) is 0 Å². The predicted molar refractivity (Wildman–Crippen MR) is 115 cm³/mol. The highest BCUT2D eigenvalue weighted by atomic mass is 16.4. The summed E-state index contributed by atoms with van der Waals surface area (Å²) in [5, 5.41) is 12.3. The van der Waals surface area contributed by atoms with E-state index in [1.54, 1.807) is 42.4 Å². The lowest BCUT2D eigenvalue weighted by Gasteiger charge is -2.47. The molecule has 154 valence electrons. The number of nitrogens with zero attached hydrogens (tertiary/aromatic N) is 3. The Labute approximate surface area is 171 Å². The molecule has 0 unspecified atom stereocenters. The zero-order chi connectivity index (χ0) is 21.3. The number of carbonyl (C=O) groups excluding carboxylic acids is 1. The van der Waals surface area contributed by atoms with Crippen LogP contribution in [-0.2, 0) is 4.79 Å². The number of nitrogens with one attached hydrogen (secondary N) is 1. The molecule has 0 bridgehead atoms. The molecule has 29 heavy (non-hydrogen) atoms. The van der Waals surface area contributed by atoms with Crippen molar-refractivity contribution in [1.29, 1.82) is 0 Å². The fourth-order valence-electron chi connectivity index (χ4n) is 3.55. The lowest BCUT2D eigenvalue weighted by Crippen LogP contribution is -2.59. The van der Waals surface area contributed by atoms with Gasteiger partial charge in [0.05, 0.1) is 23.1 Å². The van der Waals surface area contributed by atoms with E-state index >= 15 is 0 Å². The number of anilines is 4. The van der Waals surface area contributed by atoms with Gasteiger partial charge in [-0.15, -0.1) is 0 Å². The van der Waals surface area contributed by atoms with Crippen LogP contribution < -0.4 is 15.1 Å². The smallest absolute Gasteiger partial charge is 0.335 e. The molecule has 1 aromatic heterocycles. The van der Waals surface area contributed by atoms with Crippen molar-refractivity contribution in [2.24, 2.45) is 5.92 Å². The first kappa shape index (κ1) is 20.6. The van der Waals surface area contributed by atoms with Crippen molar-refractivity contribution in [3.05, 3.63) is 42.1 Å². The molecule has 1 aliphatic heterocycles. The van der Waals surface area contributed by atoms with Crippen molar-refractivity contribution >= 4 is 34.8 Å². The Balaban J connectivity index is 1.95. The molecule has 0 saturated heterocycles. The Kier molecular flexibility index (Phi) is 5.50. The van der Waals surface area contributed by atoms with Gasteiger partial charge in [-0.2, -0.15) is 0 Å². The van der Waals surface area contributed by atoms with E-state index in [1.165, 1.54) is 0 Å². The van der Waals surface area contributed by atoms with Crippen LogP contribution in [0.25, 0.3) is 0 Å².